The summed E-state index contributed by atoms with van der Waals surface area (Å²) < 4.78 is 0.799. The number of aromatic nitrogens is 1. The van der Waals surface area contributed by atoms with Crippen LogP contribution in [-0.4, -0.2) is 22.4 Å². The molecule has 2 heterocycles. The van der Waals surface area contributed by atoms with E-state index in [4.69, 9.17) is 11.6 Å². The Morgan fingerprint density at radius 3 is 3.19 bits per heavy atom. The third-order valence-corrected chi connectivity index (χ3v) is 4.26. The summed E-state index contributed by atoms with van der Waals surface area (Å²) >= 11 is 11.0. The van der Waals surface area contributed by atoms with E-state index in [2.05, 4.69) is 26.2 Å². The van der Waals surface area contributed by atoms with Crippen molar-refractivity contribution in [2.75, 3.05) is 16.8 Å². The highest BCUT2D eigenvalue weighted by atomic mass is 79.9. The quantitative estimate of drug-likeness (QED) is 0.851. The highest BCUT2D eigenvalue weighted by molar-refractivity contribution is 9.10. The van der Waals surface area contributed by atoms with E-state index in [1.807, 2.05) is 11.8 Å². The zero-order valence-corrected chi connectivity index (χ0v) is 11.5. The number of anilines is 1. The van der Waals surface area contributed by atoms with E-state index in [0.29, 0.717) is 10.8 Å². The number of rotatable bonds is 2. The fourth-order valence-corrected chi connectivity index (χ4v) is 3.19. The molecule has 1 aliphatic rings. The Kier molecular flexibility index (Phi) is 4.10. The van der Waals surface area contributed by atoms with Crippen LogP contribution in [-0.2, 0) is 4.79 Å². The molecule has 0 spiro atoms. The summed E-state index contributed by atoms with van der Waals surface area (Å²) in [6, 6.07) is 1.76. The summed E-state index contributed by atoms with van der Waals surface area (Å²) in [5.41, 5.74) is 0.568. The van der Waals surface area contributed by atoms with Crippen molar-refractivity contribution in [3.63, 3.8) is 0 Å². The van der Waals surface area contributed by atoms with Crippen LogP contribution in [0.4, 0.5) is 5.69 Å². The van der Waals surface area contributed by atoms with Crippen LogP contribution in [0.1, 0.15) is 6.42 Å². The van der Waals surface area contributed by atoms with Crippen LogP contribution in [0.3, 0.4) is 0 Å². The van der Waals surface area contributed by atoms with Gasteiger partial charge in [-0.3, -0.25) is 4.79 Å². The third-order valence-electron chi connectivity index (χ3n) is 2.36. The van der Waals surface area contributed by atoms with Gasteiger partial charge in [0.15, 0.2) is 5.15 Å². The second-order valence-electron chi connectivity index (χ2n) is 3.54. The van der Waals surface area contributed by atoms with Crippen LogP contribution in [0.25, 0.3) is 0 Å². The molecule has 1 N–H and O–H groups in total. The van der Waals surface area contributed by atoms with Gasteiger partial charge in [0.1, 0.15) is 0 Å². The lowest BCUT2D eigenvalue weighted by Gasteiger charge is -2.10. The lowest BCUT2D eigenvalue weighted by atomic mass is 10.1. The number of carbonyl (C=O) groups excluding carboxylic acids is 1. The van der Waals surface area contributed by atoms with Crippen molar-refractivity contribution < 1.29 is 4.79 Å². The molecule has 1 fully saturated rings. The fourth-order valence-electron chi connectivity index (χ4n) is 1.49. The zero-order chi connectivity index (χ0) is 11.5. The standard InChI is InChI=1S/C10H10BrClN2OS/c11-7-3-8(9(12)13-4-7)14-10(15)6-1-2-16-5-6/h3-4,6H,1-2,5H2,(H,14,15). The van der Waals surface area contributed by atoms with Gasteiger partial charge in [0.25, 0.3) is 0 Å². The Morgan fingerprint density at radius 2 is 2.50 bits per heavy atom. The molecular weight excluding hydrogens is 312 g/mol. The molecule has 3 nitrogen and oxygen atoms in total. The van der Waals surface area contributed by atoms with E-state index < -0.39 is 0 Å². The van der Waals surface area contributed by atoms with Crippen molar-refractivity contribution in [2.24, 2.45) is 5.92 Å². The van der Waals surface area contributed by atoms with Crippen LogP contribution < -0.4 is 5.32 Å². The highest BCUT2D eigenvalue weighted by Gasteiger charge is 2.23. The van der Waals surface area contributed by atoms with Crippen molar-refractivity contribution in [2.45, 2.75) is 6.42 Å². The predicted octanol–water partition coefficient (Wildman–Crippen LogP) is 3.19. The van der Waals surface area contributed by atoms with Crippen LogP contribution in [0.2, 0.25) is 5.15 Å². The van der Waals surface area contributed by atoms with Gasteiger partial charge in [0.05, 0.1) is 5.69 Å². The van der Waals surface area contributed by atoms with Gasteiger partial charge >= 0.3 is 0 Å². The number of nitrogens with one attached hydrogen (secondary N) is 1. The molecule has 86 valence electrons. The summed E-state index contributed by atoms with van der Waals surface area (Å²) in [5.74, 6) is 2.08. The van der Waals surface area contributed by atoms with Gasteiger partial charge in [0, 0.05) is 22.3 Å². The van der Waals surface area contributed by atoms with Crippen molar-refractivity contribution in [3.05, 3.63) is 21.9 Å². The van der Waals surface area contributed by atoms with Crippen LogP contribution in [0.15, 0.2) is 16.7 Å². The number of hydrogen-bond acceptors (Lipinski definition) is 3. The first-order valence-electron chi connectivity index (χ1n) is 4.86. The average Bonchev–Trinajstić information content (AvgIpc) is 2.76. The molecule has 1 unspecified atom stereocenters. The molecule has 1 saturated heterocycles. The normalized spacial score (nSPS) is 19.8. The molecule has 1 amide bonds. The Hall–Kier alpha value is -0.260. The topological polar surface area (TPSA) is 42.0 Å². The number of hydrogen-bond donors (Lipinski definition) is 1. The van der Waals surface area contributed by atoms with Crippen molar-refractivity contribution >= 4 is 50.9 Å². The van der Waals surface area contributed by atoms with E-state index in [-0.39, 0.29) is 11.8 Å². The fraction of sp³-hybridized carbons (Fsp3) is 0.400. The van der Waals surface area contributed by atoms with Crippen LogP contribution in [0.5, 0.6) is 0 Å². The molecule has 0 aliphatic carbocycles. The van der Waals surface area contributed by atoms with Gasteiger partial charge in [-0.15, -0.1) is 0 Å². The SMILES string of the molecule is O=C(Nc1cc(Br)cnc1Cl)C1CCSC1. The minimum Gasteiger partial charge on any atom is -0.323 e. The van der Waals surface area contributed by atoms with Crippen LogP contribution in [0, 0.1) is 5.92 Å². The van der Waals surface area contributed by atoms with Crippen LogP contribution >= 0.6 is 39.3 Å². The minimum atomic E-state index is 0.0341. The summed E-state index contributed by atoms with van der Waals surface area (Å²) in [6.45, 7) is 0. The molecule has 1 atom stereocenters. The zero-order valence-electron chi connectivity index (χ0n) is 8.37. The number of amides is 1. The molecule has 6 heteroatoms. The predicted molar refractivity (Wildman–Crippen MR) is 71.0 cm³/mol. The molecule has 0 saturated carbocycles. The van der Waals surface area contributed by atoms with Gasteiger partial charge in [-0.25, -0.2) is 4.98 Å². The molecule has 1 aromatic heterocycles. The summed E-state index contributed by atoms with van der Waals surface area (Å²) in [6.07, 6.45) is 2.54. The van der Waals surface area contributed by atoms with E-state index in [1.54, 1.807) is 12.3 Å². The summed E-state index contributed by atoms with van der Waals surface area (Å²) in [5, 5.41) is 3.14. The molecule has 0 radical (unpaired) electrons. The Balaban J connectivity index is 2.07. The largest absolute Gasteiger partial charge is 0.323 e. The molecule has 2 rings (SSSR count). The second-order valence-corrected chi connectivity index (χ2v) is 5.97. The number of pyridine rings is 1. The Morgan fingerprint density at radius 1 is 1.69 bits per heavy atom. The molecular formula is C10H10BrClN2OS. The van der Waals surface area contributed by atoms with Crippen molar-refractivity contribution in [1.82, 2.24) is 4.98 Å². The third kappa shape index (κ3) is 2.90. The average molecular weight is 322 g/mol. The maximum Gasteiger partial charge on any atom is 0.228 e. The minimum absolute atomic E-state index is 0.0341. The maximum atomic E-state index is 11.9. The monoisotopic (exact) mass is 320 g/mol. The van der Waals surface area contributed by atoms with E-state index in [1.165, 1.54) is 0 Å². The lowest BCUT2D eigenvalue weighted by molar-refractivity contribution is -0.119. The summed E-state index contributed by atoms with van der Waals surface area (Å²) in [4.78, 5) is 15.8. The lowest BCUT2D eigenvalue weighted by Crippen LogP contribution is -2.22. The molecule has 1 aromatic rings. The second kappa shape index (κ2) is 5.38. The van der Waals surface area contributed by atoms with E-state index in [9.17, 15) is 4.79 Å². The number of nitrogens with zero attached hydrogens (tertiary/aromatic N) is 1. The molecule has 16 heavy (non-hydrogen) atoms. The molecule has 0 aromatic carbocycles. The molecule has 0 bridgehead atoms. The van der Waals surface area contributed by atoms with Gasteiger partial charge in [-0.1, -0.05) is 11.6 Å². The Bertz CT molecular complexity index is 410. The number of halogens is 2. The first-order valence-corrected chi connectivity index (χ1v) is 7.19. The van der Waals surface area contributed by atoms with Crippen molar-refractivity contribution in [1.29, 1.82) is 0 Å². The van der Waals surface area contributed by atoms with Gasteiger partial charge in [0.2, 0.25) is 5.91 Å². The number of carbonyl (C=O) groups is 1. The summed E-state index contributed by atoms with van der Waals surface area (Å²) in [7, 11) is 0. The highest BCUT2D eigenvalue weighted by Crippen LogP contribution is 2.27. The van der Waals surface area contributed by atoms with Gasteiger partial charge in [-0.05, 0) is 34.2 Å². The van der Waals surface area contributed by atoms with Crippen molar-refractivity contribution in [3.8, 4) is 0 Å². The van der Waals surface area contributed by atoms with E-state index >= 15 is 0 Å². The first kappa shape index (κ1) is 12.2. The van der Waals surface area contributed by atoms with Gasteiger partial charge < -0.3 is 5.32 Å². The van der Waals surface area contributed by atoms with E-state index in [0.717, 1.165) is 22.4 Å². The van der Waals surface area contributed by atoms with Gasteiger partial charge in [-0.2, -0.15) is 11.8 Å². The maximum absolute atomic E-state index is 11.9. The number of thioether (sulfide) groups is 1. The smallest absolute Gasteiger partial charge is 0.228 e. The Labute approximate surface area is 111 Å². The molecule has 1 aliphatic heterocycles. The first-order chi connectivity index (χ1) is 7.66.